The Labute approximate surface area is 138 Å². The zero-order valence-corrected chi connectivity index (χ0v) is 14.8. The SMILES string of the molecule is CCCCCc1c(C(=O)O)c(C(=O)O)cc(C(C)C)c1C(C)C. The summed E-state index contributed by atoms with van der Waals surface area (Å²) in [5.41, 5.74) is 2.57. The molecule has 1 aromatic rings. The maximum absolute atomic E-state index is 11.8. The van der Waals surface area contributed by atoms with Gasteiger partial charge in [-0.1, -0.05) is 47.5 Å². The van der Waals surface area contributed by atoms with Gasteiger partial charge in [0.1, 0.15) is 0 Å². The molecular formula is C19H28O4. The van der Waals surface area contributed by atoms with E-state index in [9.17, 15) is 19.8 Å². The molecule has 0 unspecified atom stereocenters. The summed E-state index contributed by atoms with van der Waals surface area (Å²) in [4.78, 5) is 23.4. The molecule has 4 nitrogen and oxygen atoms in total. The summed E-state index contributed by atoms with van der Waals surface area (Å²) in [6.45, 7) is 10.2. The third kappa shape index (κ3) is 4.34. The van der Waals surface area contributed by atoms with Gasteiger partial charge in [0.15, 0.2) is 0 Å². The maximum atomic E-state index is 11.8. The highest BCUT2D eigenvalue weighted by Crippen LogP contribution is 2.35. The summed E-state index contributed by atoms with van der Waals surface area (Å²) in [6, 6.07) is 1.56. The standard InChI is InChI=1S/C19H28O4/c1-6-7-8-9-13-16(12(4)5)14(11(2)3)10-15(18(20)21)17(13)19(22)23/h10-12H,6-9H2,1-5H3,(H,20,21)(H,22,23). The molecule has 0 heterocycles. The molecule has 23 heavy (non-hydrogen) atoms. The van der Waals surface area contributed by atoms with E-state index in [-0.39, 0.29) is 23.0 Å². The average molecular weight is 320 g/mol. The van der Waals surface area contributed by atoms with Crippen LogP contribution in [0.15, 0.2) is 6.07 Å². The van der Waals surface area contributed by atoms with E-state index in [0.29, 0.717) is 12.0 Å². The Kier molecular flexibility index (Phi) is 6.79. The molecule has 128 valence electrons. The van der Waals surface area contributed by atoms with Crippen LogP contribution in [-0.4, -0.2) is 22.2 Å². The quantitative estimate of drug-likeness (QED) is 0.656. The van der Waals surface area contributed by atoms with Crippen molar-refractivity contribution < 1.29 is 19.8 Å². The fourth-order valence-corrected chi connectivity index (χ4v) is 3.16. The number of carboxylic acid groups (broad SMARTS) is 2. The highest BCUT2D eigenvalue weighted by atomic mass is 16.4. The van der Waals surface area contributed by atoms with Gasteiger partial charge in [-0.15, -0.1) is 0 Å². The van der Waals surface area contributed by atoms with Crippen LogP contribution in [0.3, 0.4) is 0 Å². The van der Waals surface area contributed by atoms with Gasteiger partial charge in [0.05, 0.1) is 11.1 Å². The van der Waals surface area contributed by atoms with E-state index in [0.717, 1.165) is 30.4 Å². The number of benzene rings is 1. The zero-order chi connectivity index (χ0) is 17.7. The third-order valence-electron chi connectivity index (χ3n) is 4.18. The fraction of sp³-hybridized carbons (Fsp3) is 0.579. The van der Waals surface area contributed by atoms with E-state index in [1.807, 2.05) is 27.7 Å². The smallest absolute Gasteiger partial charge is 0.336 e. The highest BCUT2D eigenvalue weighted by Gasteiger charge is 2.27. The van der Waals surface area contributed by atoms with Crippen molar-refractivity contribution >= 4 is 11.9 Å². The fourth-order valence-electron chi connectivity index (χ4n) is 3.16. The van der Waals surface area contributed by atoms with Crippen LogP contribution in [0.25, 0.3) is 0 Å². The summed E-state index contributed by atoms with van der Waals surface area (Å²) in [5.74, 6) is -2.01. The molecule has 0 aliphatic heterocycles. The molecule has 0 saturated carbocycles. The van der Waals surface area contributed by atoms with Crippen molar-refractivity contribution in [1.82, 2.24) is 0 Å². The molecule has 0 radical (unpaired) electrons. The van der Waals surface area contributed by atoms with Crippen LogP contribution in [-0.2, 0) is 6.42 Å². The van der Waals surface area contributed by atoms with Crippen molar-refractivity contribution in [3.63, 3.8) is 0 Å². The Bertz CT molecular complexity index is 586. The Hall–Kier alpha value is -1.84. The van der Waals surface area contributed by atoms with Gasteiger partial charge in [-0.3, -0.25) is 0 Å². The van der Waals surface area contributed by atoms with E-state index in [1.165, 1.54) is 0 Å². The Morgan fingerprint density at radius 1 is 1.00 bits per heavy atom. The second kappa shape index (κ2) is 8.14. The molecule has 0 aliphatic rings. The predicted molar refractivity (Wildman–Crippen MR) is 91.8 cm³/mol. The lowest BCUT2D eigenvalue weighted by atomic mass is 9.80. The average Bonchev–Trinajstić information content (AvgIpc) is 2.45. The lowest BCUT2D eigenvalue weighted by Gasteiger charge is -2.24. The first kappa shape index (κ1) is 19.2. The number of unbranched alkanes of at least 4 members (excludes halogenated alkanes) is 2. The monoisotopic (exact) mass is 320 g/mol. The summed E-state index contributed by atoms with van der Waals surface area (Å²) >= 11 is 0. The lowest BCUT2D eigenvalue weighted by Crippen LogP contribution is -2.17. The number of carboxylic acids is 2. The molecule has 0 fully saturated rings. The predicted octanol–water partition coefficient (Wildman–Crippen LogP) is 5.06. The van der Waals surface area contributed by atoms with Crippen molar-refractivity contribution in [2.45, 2.75) is 72.1 Å². The number of hydrogen-bond donors (Lipinski definition) is 2. The number of aromatic carboxylic acids is 2. The minimum atomic E-state index is -1.17. The van der Waals surface area contributed by atoms with Crippen LogP contribution in [0.5, 0.6) is 0 Å². The molecule has 1 rings (SSSR count). The van der Waals surface area contributed by atoms with Crippen LogP contribution in [0.1, 0.15) is 103 Å². The largest absolute Gasteiger partial charge is 0.478 e. The Morgan fingerprint density at radius 2 is 1.61 bits per heavy atom. The summed E-state index contributed by atoms with van der Waals surface area (Å²) in [6.07, 6.45) is 3.53. The van der Waals surface area contributed by atoms with Crippen molar-refractivity contribution in [2.75, 3.05) is 0 Å². The van der Waals surface area contributed by atoms with Crippen LogP contribution < -0.4 is 0 Å². The van der Waals surface area contributed by atoms with Crippen molar-refractivity contribution in [1.29, 1.82) is 0 Å². The molecule has 4 heteroatoms. The molecule has 2 N–H and O–H groups in total. The first-order chi connectivity index (χ1) is 10.7. The van der Waals surface area contributed by atoms with Gasteiger partial charge in [0, 0.05) is 0 Å². The van der Waals surface area contributed by atoms with Gasteiger partial charge in [-0.2, -0.15) is 0 Å². The van der Waals surface area contributed by atoms with E-state index in [4.69, 9.17) is 0 Å². The summed E-state index contributed by atoms with van der Waals surface area (Å²) < 4.78 is 0. The molecule has 0 saturated heterocycles. The molecule has 0 aromatic heterocycles. The van der Waals surface area contributed by atoms with Crippen molar-refractivity contribution in [2.24, 2.45) is 0 Å². The van der Waals surface area contributed by atoms with E-state index >= 15 is 0 Å². The topological polar surface area (TPSA) is 74.6 Å². The van der Waals surface area contributed by atoms with Gasteiger partial charge in [-0.25, -0.2) is 9.59 Å². The van der Waals surface area contributed by atoms with Crippen molar-refractivity contribution in [3.8, 4) is 0 Å². The molecule has 0 amide bonds. The van der Waals surface area contributed by atoms with Crippen LogP contribution >= 0.6 is 0 Å². The maximum Gasteiger partial charge on any atom is 0.336 e. The van der Waals surface area contributed by atoms with Gasteiger partial charge in [-0.05, 0) is 47.4 Å². The summed E-state index contributed by atoms with van der Waals surface area (Å²) in [5, 5.41) is 19.1. The first-order valence-electron chi connectivity index (χ1n) is 8.38. The molecule has 0 spiro atoms. The number of carbonyl (C=O) groups is 2. The van der Waals surface area contributed by atoms with Gasteiger partial charge in [0.2, 0.25) is 0 Å². The second-order valence-corrected chi connectivity index (χ2v) is 6.66. The van der Waals surface area contributed by atoms with Gasteiger partial charge < -0.3 is 10.2 Å². The molecule has 0 aliphatic carbocycles. The first-order valence-corrected chi connectivity index (χ1v) is 8.38. The van der Waals surface area contributed by atoms with Gasteiger partial charge >= 0.3 is 11.9 Å². The van der Waals surface area contributed by atoms with Crippen LogP contribution in [0.2, 0.25) is 0 Å². The van der Waals surface area contributed by atoms with Crippen LogP contribution in [0, 0.1) is 0 Å². The minimum Gasteiger partial charge on any atom is -0.478 e. The molecule has 0 bridgehead atoms. The minimum absolute atomic E-state index is 0.0262. The van der Waals surface area contributed by atoms with E-state index < -0.39 is 11.9 Å². The van der Waals surface area contributed by atoms with Crippen molar-refractivity contribution in [3.05, 3.63) is 33.9 Å². The Morgan fingerprint density at radius 3 is 2.00 bits per heavy atom. The number of hydrogen-bond acceptors (Lipinski definition) is 2. The highest BCUT2D eigenvalue weighted by molar-refractivity contribution is 6.03. The molecule has 1 aromatic carbocycles. The summed E-state index contributed by atoms with van der Waals surface area (Å²) in [7, 11) is 0. The zero-order valence-electron chi connectivity index (χ0n) is 14.8. The second-order valence-electron chi connectivity index (χ2n) is 6.66. The number of rotatable bonds is 8. The normalized spacial score (nSPS) is 11.3. The van der Waals surface area contributed by atoms with E-state index in [1.54, 1.807) is 6.07 Å². The Balaban J connectivity index is 3.72. The molecular weight excluding hydrogens is 292 g/mol. The van der Waals surface area contributed by atoms with Crippen LogP contribution in [0.4, 0.5) is 0 Å². The molecule has 0 atom stereocenters. The van der Waals surface area contributed by atoms with Gasteiger partial charge in [0.25, 0.3) is 0 Å². The lowest BCUT2D eigenvalue weighted by molar-refractivity contribution is 0.0650. The van der Waals surface area contributed by atoms with E-state index in [2.05, 4.69) is 6.92 Å². The third-order valence-corrected chi connectivity index (χ3v) is 4.18.